The van der Waals surface area contributed by atoms with Crippen LogP contribution in [0.2, 0.25) is 5.02 Å². The maximum Gasteiger partial charge on any atom is 0.348 e. The van der Waals surface area contributed by atoms with E-state index in [2.05, 4.69) is 9.97 Å². The Balaban J connectivity index is 2.15. The summed E-state index contributed by atoms with van der Waals surface area (Å²) in [5.41, 5.74) is 0.311. The van der Waals surface area contributed by atoms with E-state index < -0.39 is 10.9 Å². The summed E-state index contributed by atoms with van der Waals surface area (Å²) in [6.45, 7) is 5.37. The summed E-state index contributed by atoms with van der Waals surface area (Å²) in [5, 5.41) is 12.0. The first kappa shape index (κ1) is 19.0. The molecular weight excluding hydrogens is 394 g/mol. The van der Waals surface area contributed by atoms with Gasteiger partial charge in [0.2, 0.25) is 11.6 Å². The first-order valence-electron chi connectivity index (χ1n) is 7.88. The molecule has 0 aliphatic carbocycles. The van der Waals surface area contributed by atoms with Gasteiger partial charge in [-0.1, -0.05) is 11.6 Å². The Kier molecular flexibility index (Phi) is 5.24. The average molecular weight is 408 g/mol. The van der Waals surface area contributed by atoms with Crippen LogP contribution >= 0.6 is 22.9 Å². The van der Waals surface area contributed by atoms with Crippen LogP contribution < -0.4 is 4.74 Å². The van der Waals surface area contributed by atoms with Crippen LogP contribution in [0.5, 0.6) is 11.6 Å². The minimum Gasteiger partial charge on any atom is -0.462 e. The molecule has 0 saturated carbocycles. The number of esters is 1. The average Bonchev–Trinajstić information content (AvgIpc) is 2.93. The van der Waals surface area contributed by atoms with Crippen molar-refractivity contribution in [2.24, 2.45) is 0 Å². The van der Waals surface area contributed by atoms with Gasteiger partial charge in [-0.05, 0) is 38.5 Å². The molecule has 0 amide bonds. The highest BCUT2D eigenvalue weighted by Crippen LogP contribution is 2.39. The highest BCUT2D eigenvalue weighted by molar-refractivity contribution is 7.20. The molecule has 0 saturated heterocycles. The number of hydrogen-bond donors (Lipinski definition) is 0. The molecule has 2 heterocycles. The van der Waals surface area contributed by atoms with Gasteiger partial charge in [0.15, 0.2) is 0 Å². The minimum absolute atomic E-state index is 0.00733. The number of hydrogen-bond acceptors (Lipinski definition) is 8. The fourth-order valence-corrected chi connectivity index (χ4v) is 3.77. The Bertz CT molecular complexity index is 1070. The second kappa shape index (κ2) is 7.45. The topological polar surface area (TPSA) is 104 Å². The number of carbonyl (C=O) groups is 1. The molecule has 0 fully saturated rings. The number of thiophene rings is 1. The summed E-state index contributed by atoms with van der Waals surface area (Å²) in [6.07, 6.45) is 0. The largest absolute Gasteiger partial charge is 0.462 e. The maximum absolute atomic E-state index is 12.2. The second-order valence-electron chi connectivity index (χ2n) is 5.50. The van der Waals surface area contributed by atoms with E-state index in [-0.39, 0.29) is 28.9 Å². The Morgan fingerprint density at radius 1 is 1.33 bits per heavy atom. The summed E-state index contributed by atoms with van der Waals surface area (Å²) in [7, 11) is 0. The van der Waals surface area contributed by atoms with E-state index >= 15 is 0 Å². The van der Waals surface area contributed by atoms with Crippen molar-refractivity contribution in [3.05, 3.63) is 49.6 Å². The lowest BCUT2D eigenvalue weighted by Gasteiger charge is -2.08. The van der Waals surface area contributed by atoms with Gasteiger partial charge in [0.25, 0.3) is 0 Å². The molecule has 3 rings (SSSR count). The van der Waals surface area contributed by atoms with Crippen LogP contribution in [0.3, 0.4) is 0 Å². The predicted molar refractivity (Wildman–Crippen MR) is 101 cm³/mol. The third kappa shape index (κ3) is 3.69. The van der Waals surface area contributed by atoms with Crippen LogP contribution in [0.25, 0.3) is 10.2 Å². The van der Waals surface area contributed by atoms with E-state index in [9.17, 15) is 14.9 Å². The van der Waals surface area contributed by atoms with Crippen LogP contribution in [-0.2, 0) is 4.74 Å². The Labute approximate surface area is 162 Å². The number of nitro groups is 1. The molecule has 0 aliphatic heterocycles. The third-order valence-electron chi connectivity index (χ3n) is 3.65. The molecule has 0 atom stereocenters. The molecule has 3 aromatic rings. The van der Waals surface area contributed by atoms with Crippen molar-refractivity contribution in [2.45, 2.75) is 20.8 Å². The van der Waals surface area contributed by atoms with Gasteiger partial charge in [-0.2, -0.15) is 4.98 Å². The van der Waals surface area contributed by atoms with Gasteiger partial charge < -0.3 is 9.47 Å². The van der Waals surface area contributed by atoms with Crippen molar-refractivity contribution < 1.29 is 19.2 Å². The number of rotatable bonds is 5. The van der Waals surface area contributed by atoms with Gasteiger partial charge in [0, 0.05) is 11.1 Å². The lowest BCUT2D eigenvalue weighted by Crippen LogP contribution is -2.03. The maximum atomic E-state index is 12.2. The zero-order chi connectivity index (χ0) is 19.7. The lowest BCUT2D eigenvalue weighted by atomic mass is 10.2. The van der Waals surface area contributed by atoms with Gasteiger partial charge in [-0.3, -0.25) is 10.1 Å². The minimum atomic E-state index is -0.586. The molecule has 27 heavy (non-hydrogen) atoms. The van der Waals surface area contributed by atoms with E-state index in [0.717, 1.165) is 11.3 Å². The quantitative estimate of drug-likeness (QED) is 0.338. The van der Waals surface area contributed by atoms with Crippen molar-refractivity contribution >= 4 is 44.8 Å². The van der Waals surface area contributed by atoms with E-state index in [4.69, 9.17) is 21.1 Å². The Hall–Kier alpha value is -2.78. The monoisotopic (exact) mass is 407 g/mol. The Morgan fingerprint density at radius 2 is 2.07 bits per heavy atom. The van der Waals surface area contributed by atoms with Crippen molar-refractivity contribution in [3.63, 3.8) is 0 Å². The molecule has 10 heteroatoms. The first-order valence-corrected chi connectivity index (χ1v) is 9.08. The number of ether oxygens (including phenoxy) is 2. The molecule has 8 nitrogen and oxygen atoms in total. The van der Waals surface area contributed by atoms with Crippen LogP contribution in [-0.4, -0.2) is 27.5 Å². The van der Waals surface area contributed by atoms with Gasteiger partial charge in [0.1, 0.15) is 15.5 Å². The van der Waals surface area contributed by atoms with Crippen LogP contribution in [0.1, 0.15) is 28.0 Å². The highest BCUT2D eigenvalue weighted by Gasteiger charge is 2.24. The summed E-state index contributed by atoms with van der Waals surface area (Å²) in [4.78, 5) is 32.4. The molecule has 2 aromatic heterocycles. The number of halogens is 1. The molecule has 1 aromatic carbocycles. The summed E-state index contributed by atoms with van der Waals surface area (Å²) in [5.74, 6) is 0.0733. The summed E-state index contributed by atoms with van der Waals surface area (Å²) < 4.78 is 10.8. The zero-order valence-corrected chi connectivity index (χ0v) is 16.2. The number of aromatic nitrogens is 2. The summed E-state index contributed by atoms with van der Waals surface area (Å²) in [6, 6.07) is 4.09. The molecule has 0 unspecified atom stereocenters. The van der Waals surface area contributed by atoms with E-state index in [1.807, 2.05) is 0 Å². The smallest absolute Gasteiger partial charge is 0.348 e. The molecule has 140 valence electrons. The predicted octanol–water partition coefficient (Wildman–Crippen LogP) is 4.84. The van der Waals surface area contributed by atoms with Gasteiger partial charge in [-0.15, -0.1) is 11.3 Å². The Morgan fingerprint density at radius 3 is 2.74 bits per heavy atom. The molecular formula is C17H14ClN3O5S. The van der Waals surface area contributed by atoms with E-state index in [1.54, 1.807) is 20.8 Å². The fraction of sp³-hybridized carbons (Fsp3) is 0.235. The third-order valence-corrected chi connectivity index (χ3v) is 5.05. The van der Waals surface area contributed by atoms with Crippen molar-refractivity contribution in [2.75, 3.05) is 6.61 Å². The standard InChI is InChI=1S/C17H14ClN3O5S/c1-4-25-17(22)14-8(2)13-15(19-9(3)20-16(13)27-14)26-12-6-5-10(18)7-11(12)21(23)24/h5-7H,4H2,1-3H3. The number of nitrogens with zero attached hydrogens (tertiary/aromatic N) is 3. The van der Waals surface area contributed by atoms with Crippen LogP contribution in [0.4, 0.5) is 5.69 Å². The number of aryl methyl sites for hydroxylation is 2. The molecule has 0 aliphatic rings. The second-order valence-corrected chi connectivity index (χ2v) is 6.94. The molecule has 0 spiro atoms. The normalized spacial score (nSPS) is 10.8. The molecule has 0 N–H and O–H groups in total. The first-order chi connectivity index (χ1) is 12.8. The van der Waals surface area contributed by atoms with Gasteiger partial charge in [-0.25, -0.2) is 9.78 Å². The number of nitro benzene ring substituents is 1. The van der Waals surface area contributed by atoms with Gasteiger partial charge in [0.05, 0.1) is 16.9 Å². The summed E-state index contributed by atoms with van der Waals surface area (Å²) >= 11 is 7.01. The molecule has 0 bridgehead atoms. The van der Waals surface area contributed by atoms with Gasteiger partial charge >= 0.3 is 11.7 Å². The van der Waals surface area contributed by atoms with Crippen molar-refractivity contribution in [1.29, 1.82) is 0 Å². The van der Waals surface area contributed by atoms with Crippen LogP contribution in [0, 0.1) is 24.0 Å². The number of fused-ring (bicyclic) bond motifs is 1. The van der Waals surface area contributed by atoms with Crippen molar-refractivity contribution in [1.82, 2.24) is 9.97 Å². The van der Waals surface area contributed by atoms with Crippen molar-refractivity contribution in [3.8, 4) is 11.6 Å². The molecule has 0 radical (unpaired) electrons. The van der Waals surface area contributed by atoms with Crippen LogP contribution in [0.15, 0.2) is 18.2 Å². The SMILES string of the molecule is CCOC(=O)c1sc2nc(C)nc(Oc3ccc(Cl)cc3[N+](=O)[O-])c2c1C. The fourth-order valence-electron chi connectivity index (χ4n) is 2.49. The highest BCUT2D eigenvalue weighted by atomic mass is 35.5. The lowest BCUT2D eigenvalue weighted by molar-refractivity contribution is -0.385. The number of benzene rings is 1. The number of carbonyl (C=O) groups excluding carboxylic acids is 1. The van der Waals surface area contributed by atoms with E-state index in [0.29, 0.717) is 26.5 Å². The zero-order valence-electron chi connectivity index (χ0n) is 14.6. The van der Waals surface area contributed by atoms with E-state index in [1.165, 1.54) is 18.2 Å².